The van der Waals surface area contributed by atoms with Crippen LogP contribution in [-0.2, 0) is 14.3 Å². The first-order valence-electron chi connectivity index (χ1n) is 6.71. The fourth-order valence-electron chi connectivity index (χ4n) is 3.55. The van der Waals surface area contributed by atoms with Crippen molar-refractivity contribution in [1.82, 2.24) is 0 Å². The largest absolute Gasteiger partial charge is 0.366 e. The quantitative estimate of drug-likeness (QED) is 0.569. The summed E-state index contributed by atoms with van der Waals surface area (Å²) in [6, 6.07) is 9.20. The number of rotatable bonds is 1. The SMILES string of the molecule is C[C@]12C[C@@H]3C(=O)N(c4ccccc4)C(=O)[C@H]3C[C@@H]1O2. The van der Waals surface area contributed by atoms with E-state index in [1.54, 1.807) is 0 Å². The first kappa shape index (κ1) is 11.2. The van der Waals surface area contributed by atoms with Gasteiger partial charge in [0.2, 0.25) is 11.8 Å². The van der Waals surface area contributed by atoms with Crippen LogP contribution in [0, 0.1) is 11.8 Å². The molecule has 1 aromatic rings. The lowest BCUT2D eigenvalue weighted by Gasteiger charge is -2.21. The summed E-state index contributed by atoms with van der Waals surface area (Å²) in [4.78, 5) is 26.3. The molecular weight excluding hydrogens is 242 g/mol. The smallest absolute Gasteiger partial charge is 0.237 e. The monoisotopic (exact) mass is 257 g/mol. The van der Waals surface area contributed by atoms with E-state index in [0.29, 0.717) is 18.5 Å². The van der Waals surface area contributed by atoms with Crippen LogP contribution in [0.4, 0.5) is 5.69 Å². The molecule has 3 fully saturated rings. The second-order valence-corrected chi connectivity index (χ2v) is 5.92. The zero-order valence-corrected chi connectivity index (χ0v) is 10.7. The molecule has 98 valence electrons. The highest BCUT2D eigenvalue weighted by Crippen LogP contribution is 2.54. The van der Waals surface area contributed by atoms with E-state index in [-0.39, 0.29) is 35.4 Å². The standard InChI is InChI=1S/C15H15NO3/c1-15-8-11-10(7-12(15)19-15)13(17)16(14(11)18)9-5-3-2-4-6-9/h2-6,10-12H,7-8H2,1H3/t10-,11-,12-,15-/m0/s1. The average molecular weight is 257 g/mol. The van der Waals surface area contributed by atoms with Crippen LogP contribution in [0.25, 0.3) is 0 Å². The Kier molecular flexibility index (Phi) is 2.03. The molecule has 0 N–H and O–H groups in total. The summed E-state index contributed by atoms with van der Waals surface area (Å²) in [6.45, 7) is 2.04. The molecule has 2 heterocycles. The van der Waals surface area contributed by atoms with Crippen LogP contribution in [0.5, 0.6) is 0 Å². The van der Waals surface area contributed by atoms with Gasteiger partial charge in [-0.3, -0.25) is 14.5 Å². The van der Waals surface area contributed by atoms with Gasteiger partial charge in [0, 0.05) is 0 Å². The molecule has 4 heteroatoms. The van der Waals surface area contributed by atoms with E-state index >= 15 is 0 Å². The topological polar surface area (TPSA) is 49.9 Å². The third-order valence-corrected chi connectivity index (χ3v) is 4.70. The van der Waals surface area contributed by atoms with Crippen LogP contribution in [-0.4, -0.2) is 23.5 Å². The van der Waals surface area contributed by atoms with Crippen molar-refractivity contribution in [2.75, 3.05) is 4.90 Å². The lowest BCUT2D eigenvalue weighted by Crippen LogP contribution is -2.32. The molecule has 1 saturated carbocycles. The molecule has 0 aromatic heterocycles. The highest BCUT2D eigenvalue weighted by Gasteiger charge is 2.64. The van der Waals surface area contributed by atoms with E-state index in [2.05, 4.69) is 0 Å². The van der Waals surface area contributed by atoms with Gasteiger partial charge in [-0.1, -0.05) is 18.2 Å². The number of nitrogens with zero attached hydrogens (tertiary/aromatic N) is 1. The fourth-order valence-corrected chi connectivity index (χ4v) is 3.55. The summed E-state index contributed by atoms with van der Waals surface area (Å²) in [5.74, 6) is -0.500. The number of imide groups is 1. The molecule has 2 saturated heterocycles. The molecule has 0 spiro atoms. The van der Waals surface area contributed by atoms with Crippen molar-refractivity contribution >= 4 is 17.5 Å². The van der Waals surface area contributed by atoms with Gasteiger partial charge in [-0.2, -0.15) is 0 Å². The Labute approximate surface area is 111 Å². The number of hydrogen-bond donors (Lipinski definition) is 0. The maximum Gasteiger partial charge on any atom is 0.237 e. The molecule has 2 amide bonds. The normalized spacial score (nSPS) is 40.1. The lowest BCUT2D eigenvalue weighted by molar-refractivity contribution is -0.122. The minimum absolute atomic E-state index is 0.0567. The van der Waals surface area contributed by atoms with Crippen molar-refractivity contribution in [3.05, 3.63) is 30.3 Å². The Bertz CT molecular complexity index is 570. The number of para-hydroxylation sites is 1. The zero-order valence-electron chi connectivity index (χ0n) is 10.7. The van der Waals surface area contributed by atoms with E-state index in [1.165, 1.54) is 4.90 Å². The van der Waals surface area contributed by atoms with E-state index in [9.17, 15) is 9.59 Å². The van der Waals surface area contributed by atoms with Gasteiger partial charge in [-0.15, -0.1) is 0 Å². The highest BCUT2D eigenvalue weighted by molar-refractivity contribution is 6.22. The Morgan fingerprint density at radius 3 is 2.58 bits per heavy atom. The van der Waals surface area contributed by atoms with Gasteiger partial charge in [0.1, 0.15) is 0 Å². The van der Waals surface area contributed by atoms with Crippen LogP contribution in [0.1, 0.15) is 19.8 Å². The van der Waals surface area contributed by atoms with Crippen LogP contribution in [0.3, 0.4) is 0 Å². The van der Waals surface area contributed by atoms with E-state index in [0.717, 1.165) is 0 Å². The van der Waals surface area contributed by atoms with Crippen LogP contribution in [0.15, 0.2) is 30.3 Å². The third kappa shape index (κ3) is 1.43. The molecular formula is C15H15NO3. The van der Waals surface area contributed by atoms with Gasteiger partial charge < -0.3 is 4.74 Å². The average Bonchev–Trinajstić information content (AvgIpc) is 3.02. The molecule has 0 unspecified atom stereocenters. The van der Waals surface area contributed by atoms with Gasteiger partial charge in [0.15, 0.2) is 0 Å². The summed E-state index contributed by atoms with van der Waals surface area (Å²) in [6.07, 6.45) is 1.53. The number of ether oxygens (including phenoxy) is 1. The van der Waals surface area contributed by atoms with Crippen molar-refractivity contribution in [3.8, 4) is 0 Å². The Morgan fingerprint density at radius 1 is 1.16 bits per heavy atom. The first-order chi connectivity index (χ1) is 9.10. The van der Waals surface area contributed by atoms with E-state index in [1.807, 2.05) is 37.3 Å². The number of fused-ring (bicyclic) bond motifs is 2. The maximum atomic E-state index is 12.5. The number of anilines is 1. The molecule has 4 rings (SSSR count). The molecule has 1 aromatic carbocycles. The second kappa shape index (κ2) is 3.45. The van der Waals surface area contributed by atoms with Crippen LogP contribution in [0.2, 0.25) is 0 Å². The number of benzene rings is 1. The molecule has 2 aliphatic heterocycles. The lowest BCUT2D eigenvalue weighted by atomic mass is 9.76. The maximum absolute atomic E-state index is 12.5. The van der Waals surface area contributed by atoms with Gasteiger partial charge in [-0.05, 0) is 31.9 Å². The van der Waals surface area contributed by atoms with Crippen molar-refractivity contribution < 1.29 is 14.3 Å². The van der Waals surface area contributed by atoms with Gasteiger partial charge in [0.05, 0.1) is 29.2 Å². The van der Waals surface area contributed by atoms with E-state index in [4.69, 9.17) is 4.74 Å². The van der Waals surface area contributed by atoms with Crippen molar-refractivity contribution in [1.29, 1.82) is 0 Å². The van der Waals surface area contributed by atoms with Gasteiger partial charge in [-0.25, -0.2) is 0 Å². The number of epoxide rings is 1. The molecule has 1 aliphatic carbocycles. The minimum Gasteiger partial charge on any atom is -0.366 e. The van der Waals surface area contributed by atoms with Crippen molar-refractivity contribution in [2.24, 2.45) is 11.8 Å². The fraction of sp³-hybridized carbons (Fsp3) is 0.467. The highest BCUT2D eigenvalue weighted by atomic mass is 16.6. The molecule has 4 atom stereocenters. The number of hydrogen-bond acceptors (Lipinski definition) is 3. The van der Waals surface area contributed by atoms with Gasteiger partial charge >= 0.3 is 0 Å². The number of amides is 2. The second-order valence-electron chi connectivity index (χ2n) is 5.92. The Hall–Kier alpha value is -1.68. The summed E-state index contributed by atoms with van der Waals surface area (Å²) < 4.78 is 5.62. The van der Waals surface area contributed by atoms with Crippen molar-refractivity contribution in [3.63, 3.8) is 0 Å². The summed E-state index contributed by atoms with van der Waals surface area (Å²) in [5, 5.41) is 0. The van der Waals surface area contributed by atoms with Crippen LogP contribution < -0.4 is 4.90 Å². The van der Waals surface area contributed by atoms with Crippen molar-refractivity contribution in [2.45, 2.75) is 31.5 Å². The number of carbonyl (C=O) groups excluding carboxylic acids is 2. The zero-order chi connectivity index (χ0) is 13.2. The summed E-state index contributed by atoms with van der Waals surface area (Å²) >= 11 is 0. The predicted octanol–water partition coefficient (Wildman–Crippen LogP) is 1.74. The van der Waals surface area contributed by atoms with E-state index < -0.39 is 0 Å². The first-order valence-corrected chi connectivity index (χ1v) is 6.71. The van der Waals surface area contributed by atoms with Crippen LogP contribution >= 0.6 is 0 Å². The number of carbonyl (C=O) groups is 2. The molecule has 19 heavy (non-hydrogen) atoms. The summed E-state index contributed by atoms with van der Waals surface area (Å²) in [7, 11) is 0. The third-order valence-electron chi connectivity index (χ3n) is 4.70. The predicted molar refractivity (Wildman–Crippen MR) is 68.4 cm³/mol. The Balaban J connectivity index is 1.69. The molecule has 0 bridgehead atoms. The minimum atomic E-state index is -0.198. The van der Waals surface area contributed by atoms with Gasteiger partial charge in [0.25, 0.3) is 0 Å². The molecule has 0 radical (unpaired) electrons. The Morgan fingerprint density at radius 2 is 1.84 bits per heavy atom. The summed E-state index contributed by atoms with van der Waals surface area (Å²) in [5.41, 5.74) is 0.524. The molecule has 4 nitrogen and oxygen atoms in total. The molecule has 3 aliphatic rings.